The number of aryl methyl sites for hydroxylation is 1. The number of hydrogen-bond donors (Lipinski definition) is 2. The number of benzene rings is 3. The fraction of sp³-hybridized carbons (Fsp3) is 0.0833. The number of phenols is 1. The van der Waals surface area contributed by atoms with Gasteiger partial charge in [0.2, 0.25) is 0 Å². The van der Waals surface area contributed by atoms with Crippen LogP contribution in [0.25, 0.3) is 16.6 Å². The molecule has 172 valence electrons. The molecule has 0 saturated carbocycles. The van der Waals surface area contributed by atoms with E-state index in [0.29, 0.717) is 31.8 Å². The lowest BCUT2D eigenvalue weighted by Crippen LogP contribution is -2.24. The predicted molar refractivity (Wildman–Crippen MR) is 142 cm³/mol. The molecular weight excluding hydrogens is 584 g/mol. The highest BCUT2D eigenvalue weighted by molar-refractivity contribution is 9.11. The van der Waals surface area contributed by atoms with E-state index in [1.807, 2.05) is 37.3 Å². The van der Waals surface area contributed by atoms with Gasteiger partial charge in [0.05, 0.1) is 33.0 Å². The Morgan fingerprint density at radius 2 is 1.91 bits per heavy atom. The third kappa shape index (κ3) is 5.24. The van der Waals surface area contributed by atoms with E-state index >= 15 is 0 Å². The molecule has 0 aliphatic carbocycles. The Hall–Kier alpha value is -2.95. The van der Waals surface area contributed by atoms with Gasteiger partial charge in [-0.3, -0.25) is 14.2 Å². The molecule has 0 bridgehead atoms. The molecule has 2 N–H and O–H groups in total. The van der Waals surface area contributed by atoms with Gasteiger partial charge >= 0.3 is 0 Å². The van der Waals surface area contributed by atoms with Gasteiger partial charge < -0.3 is 5.11 Å². The number of rotatable bonds is 6. The number of hydrogen-bond acceptors (Lipinski definition) is 6. The Labute approximate surface area is 216 Å². The molecule has 34 heavy (non-hydrogen) atoms. The van der Waals surface area contributed by atoms with Crippen molar-refractivity contribution < 1.29 is 9.90 Å². The van der Waals surface area contributed by atoms with E-state index < -0.39 is 0 Å². The second kappa shape index (κ2) is 10.5. The number of para-hydroxylation sites is 2. The van der Waals surface area contributed by atoms with Crippen LogP contribution < -0.4 is 11.0 Å². The van der Waals surface area contributed by atoms with Crippen LogP contribution in [0.2, 0.25) is 0 Å². The Morgan fingerprint density at radius 3 is 2.71 bits per heavy atom. The topological polar surface area (TPSA) is 96.6 Å². The summed E-state index contributed by atoms with van der Waals surface area (Å²) in [5, 5.41) is 14.9. The van der Waals surface area contributed by atoms with E-state index in [-0.39, 0.29) is 23.0 Å². The number of thioether (sulfide) groups is 1. The predicted octanol–water partition coefficient (Wildman–Crippen LogP) is 5.17. The maximum absolute atomic E-state index is 13.3. The van der Waals surface area contributed by atoms with Crippen molar-refractivity contribution in [1.82, 2.24) is 15.0 Å². The van der Waals surface area contributed by atoms with Gasteiger partial charge in [-0.2, -0.15) is 5.10 Å². The van der Waals surface area contributed by atoms with E-state index in [4.69, 9.17) is 0 Å². The summed E-state index contributed by atoms with van der Waals surface area (Å²) in [5.41, 5.74) is 4.86. The van der Waals surface area contributed by atoms with Crippen molar-refractivity contribution in [2.45, 2.75) is 12.1 Å². The highest BCUT2D eigenvalue weighted by Gasteiger charge is 2.16. The maximum Gasteiger partial charge on any atom is 0.266 e. The second-order valence-corrected chi connectivity index (χ2v) is 9.96. The van der Waals surface area contributed by atoms with E-state index in [0.717, 1.165) is 21.8 Å². The van der Waals surface area contributed by atoms with Crippen LogP contribution in [0.4, 0.5) is 0 Å². The average molecular weight is 602 g/mol. The zero-order valence-electron chi connectivity index (χ0n) is 17.8. The molecule has 3 aromatic carbocycles. The number of phenolic OH excluding ortho intramolecular Hbond substituents is 1. The van der Waals surface area contributed by atoms with Gasteiger partial charge in [-0.05, 0) is 58.7 Å². The molecule has 0 atom stereocenters. The summed E-state index contributed by atoms with van der Waals surface area (Å²) in [6, 6.07) is 18.0. The number of carbonyl (C=O) groups is 1. The minimum absolute atomic E-state index is 0.0117. The monoisotopic (exact) mass is 600 g/mol. The number of halogens is 2. The Balaban J connectivity index is 1.58. The SMILES string of the molecule is Cc1ccccc1-n1c(SCC(=O)N/N=C\c2cc(Br)cc(Br)c2O)nc2ccccc2c1=O. The number of hydrazone groups is 1. The minimum atomic E-state index is -0.381. The third-order valence-corrected chi connectivity index (χ3v) is 6.89. The van der Waals surface area contributed by atoms with Crippen LogP contribution in [0.1, 0.15) is 11.1 Å². The van der Waals surface area contributed by atoms with Crippen LogP contribution in [0, 0.1) is 6.92 Å². The van der Waals surface area contributed by atoms with Gasteiger partial charge in [-0.1, -0.05) is 58.0 Å². The van der Waals surface area contributed by atoms with Gasteiger partial charge in [-0.25, -0.2) is 10.4 Å². The summed E-state index contributed by atoms with van der Waals surface area (Å²) in [5.74, 6) is -0.381. The van der Waals surface area contributed by atoms with Crippen molar-refractivity contribution in [3.05, 3.63) is 91.1 Å². The number of fused-ring (bicyclic) bond motifs is 1. The van der Waals surface area contributed by atoms with E-state index in [2.05, 4.69) is 47.4 Å². The maximum atomic E-state index is 13.3. The summed E-state index contributed by atoms with van der Waals surface area (Å²) in [4.78, 5) is 30.4. The molecule has 0 saturated heterocycles. The van der Waals surface area contributed by atoms with E-state index in [9.17, 15) is 14.7 Å². The molecule has 4 aromatic rings. The fourth-order valence-corrected chi connectivity index (χ4v) is 5.31. The van der Waals surface area contributed by atoms with Crippen LogP contribution in [0.3, 0.4) is 0 Å². The molecule has 1 aromatic heterocycles. The molecule has 0 unspecified atom stereocenters. The van der Waals surface area contributed by atoms with E-state index in [1.165, 1.54) is 10.8 Å². The molecule has 0 aliphatic heterocycles. The number of amides is 1. The third-order valence-electron chi connectivity index (χ3n) is 4.88. The standard InChI is InChI=1S/C24H18Br2N4O3S/c1-14-6-2-5-9-20(14)30-23(33)17-7-3-4-8-19(17)28-24(30)34-13-21(31)29-27-12-15-10-16(25)11-18(26)22(15)32/h2-12,32H,13H2,1H3,(H,29,31)/b27-12-. The normalized spacial score (nSPS) is 11.3. The molecule has 1 amide bonds. The second-order valence-electron chi connectivity index (χ2n) is 7.25. The minimum Gasteiger partial charge on any atom is -0.506 e. The van der Waals surface area contributed by atoms with Gasteiger partial charge in [0.1, 0.15) is 5.75 Å². The van der Waals surface area contributed by atoms with Crippen molar-refractivity contribution in [3.63, 3.8) is 0 Å². The first-order chi connectivity index (χ1) is 16.3. The average Bonchev–Trinajstić information content (AvgIpc) is 2.81. The summed E-state index contributed by atoms with van der Waals surface area (Å²) >= 11 is 7.74. The number of carbonyl (C=O) groups excluding carboxylic acids is 1. The molecule has 1 heterocycles. The summed E-state index contributed by atoms with van der Waals surface area (Å²) in [6.45, 7) is 1.92. The summed E-state index contributed by atoms with van der Waals surface area (Å²) in [7, 11) is 0. The van der Waals surface area contributed by atoms with Crippen molar-refractivity contribution in [2.24, 2.45) is 5.10 Å². The molecule has 10 heteroatoms. The van der Waals surface area contributed by atoms with Crippen LogP contribution in [0.5, 0.6) is 5.75 Å². The number of nitrogens with one attached hydrogen (secondary N) is 1. The molecule has 0 radical (unpaired) electrons. The number of aromatic nitrogens is 2. The lowest BCUT2D eigenvalue weighted by molar-refractivity contribution is -0.118. The highest BCUT2D eigenvalue weighted by atomic mass is 79.9. The van der Waals surface area contributed by atoms with Crippen molar-refractivity contribution in [3.8, 4) is 11.4 Å². The first kappa shape index (κ1) is 24.2. The van der Waals surface area contributed by atoms with Crippen molar-refractivity contribution in [1.29, 1.82) is 0 Å². The van der Waals surface area contributed by atoms with Crippen LogP contribution in [-0.4, -0.2) is 32.5 Å². The molecule has 0 spiro atoms. The van der Waals surface area contributed by atoms with Crippen molar-refractivity contribution >= 4 is 66.6 Å². The zero-order chi connectivity index (χ0) is 24.2. The van der Waals surface area contributed by atoms with Crippen LogP contribution in [0.15, 0.2) is 84.7 Å². The van der Waals surface area contributed by atoms with Gasteiger partial charge in [0, 0.05) is 10.0 Å². The first-order valence-electron chi connectivity index (χ1n) is 10.1. The summed E-state index contributed by atoms with van der Waals surface area (Å²) in [6.07, 6.45) is 1.35. The molecule has 0 aliphatic rings. The lowest BCUT2D eigenvalue weighted by atomic mass is 10.2. The number of nitrogens with zero attached hydrogens (tertiary/aromatic N) is 3. The highest BCUT2D eigenvalue weighted by Crippen LogP contribution is 2.30. The largest absolute Gasteiger partial charge is 0.506 e. The summed E-state index contributed by atoms with van der Waals surface area (Å²) < 4.78 is 2.79. The lowest BCUT2D eigenvalue weighted by Gasteiger charge is -2.14. The Kier molecular flexibility index (Phi) is 7.50. The quantitative estimate of drug-likeness (QED) is 0.138. The van der Waals surface area contributed by atoms with Gasteiger partial charge in [0.15, 0.2) is 5.16 Å². The molecule has 4 rings (SSSR count). The zero-order valence-corrected chi connectivity index (χ0v) is 21.8. The molecular formula is C24H18Br2N4O3S. The van der Waals surface area contributed by atoms with E-state index in [1.54, 1.807) is 30.3 Å². The molecule has 0 fully saturated rings. The Morgan fingerprint density at radius 1 is 1.18 bits per heavy atom. The fourth-order valence-electron chi connectivity index (χ4n) is 3.26. The number of aromatic hydroxyl groups is 1. The van der Waals surface area contributed by atoms with Crippen molar-refractivity contribution in [2.75, 3.05) is 5.75 Å². The van der Waals surface area contributed by atoms with Crippen LogP contribution >= 0.6 is 43.6 Å². The van der Waals surface area contributed by atoms with Gasteiger partial charge in [-0.15, -0.1) is 0 Å². The molecule has 7 nitrogen and oxygen atoms in total. The first-order valence-corrected chi connectivity index (χ1v) is 12.6. The smallest absolute Gasteiger partial charge is 0.266 e. The van der Waals surface area contributed by atoms with Gasteiger partial charge in [0.25, 0.3) is 11.5 Å². The Bertz CT molecular complexity index is 1490. The van der Waals surface area contributed by atoms with Crippen LogP contribution in [-0.2, 0) is 4.79 Å².